The molecular weight excluding hydrogens is 322 g/mol. The van der Waals surface area contributed by atoms with E-state index in [2.05, 4.69) is 55.5 Å². The summed E-state index contributed by atoms with van der Waals surface area (Å²) in [5, 5.41) is 0. The zero-order valence-corrected chi connectivity index (χ0v) is 15.5. The van der Waals surface area contributed by atoms with E-state index in [-0.39, 0.29) is 6.10 Å². The Labute approximate surface area is 156 Å². The fourth-order valence-electron chi connectivity index (χ4n) is 4.13. The van der Waals surface area contributed by atoms with Gasteiger partial charge in [-0.15, -0.1) is 0 Å². The fraction of sp³-hybridized carbons (Fsp3) is 0.391. The largest absolute Gasteiger partial charge is 0.493 e. The van der Waals surface area contributed by atoms with Gasteiger partial charge in [-0.05, 0) is 43.9 Å². The minimum atomic E-state index is -0.0675. The first-order valence-corrected chi connectivity index (χ1v) is 9.87. The zero-order chi connectivity index (χ0) is 17.8. The van der Waals surface area contributed by atoms with E-state index >= 15 is 0 Å². The lowest BCUT2D eigenvalue weighted by Crippen LogP contribution is -3.13. The van der Waals surface area contributed by atoms with Gasteiger partial charge in [0, 0.05) is 0 Å². The van der Waals surface area contributed by atoms with Crippen molar-refractivity contribution in [3.05, 3.63) is 71.3 Å². The van der Waals surface area contributed by atoms with E-state index in [4.69, 9.17) is 9.47 Å². The standard InChI is InChI=1S/C23H27NO2/c1-2-25-23-19-13-7-8-14-21(19)26-22(18-11-5-3-6-12-18)20(23)17-24-15-9-4-10-16-24/h3,5-8,11-14,22H,2,4,9-10,15-17H2,1H3/p+1. The average molecular weight is 350 g/mol. The number of likely N-dealkylation sites (tertiary alicyclic amines) is 1. The summed E-state index contributed by atoms with van der Waals surface area (Å²) in [6, 6.07) is 18.8. The van der Waals surface area contributed by atoms with Crippen molar-refractivity contribution in [2.24, 2.45) is 0 Å². The van der Waals surface area contributed by atoms with Gasteiger partial charge in [0.1, 0.15) is 18.1 Å². The predicted molar refractivity (Wildman–Crippen MR) is 104 cm³/mol. The van der Waals surface area contributed by atoms with Crippen molar-refractivity contribution < 1.29 is 14.4 Å². The molecule has 0 radical (unpaired) electrons. The normalized spacial score (nSPS) is 20.4. The van der Waals surface area contributed by atoms with Crippen LogP contribution in [0.15, 0.2) is 60.2 Å². The van der Waals surface area contributed by atoms with Gasteiger partial charge in [0.05, 0.1) is 30.8 Å². The first-order valence-electron chi connectivity index (χ1n) is 9.87. The first kappa shape index (κ1) is 17.2. The molecule has 0 spiro atoms. The van der Waals surface area contributed by atoms with E-state index in [1.54, 1.807) is 4.90 Å². The predicted octanol–water partition coefficient (Wildman–Crippen LogP) is 3.64. The molecule has 2 aromatic rings. The molecule has 0 aliphatic carbocycles. The molecule has 1 unspecified atom stereocenters. The molecule has 4 rings (SSSR count). The molecule has 1 saturated heterocycles. The highest BCUT2D eigenvalue weighted by atomic mass is 16.5. The molecule has 2 aliphatic heterocycles. The average Bonchev–Trinajstić information content (AvgIpc) is 2.71. The van der Waals surface area contributed by atoms with Crippen molar-refractivity contribution in [3.8, 4) is 5.75 Å². The third-order valence-electron chi connectivity index (χ3n) is 5.38. The molecule has 1 N–H and O–H groups in total. The molecule has 2 aliphatic rings. The van der Waals surface area contributed by atoms with Crippen LogP contribution in [-0.2, 0) is 4.74 Å². The molecule has 2 heterocycles. The van der Waals surface area contributed by atoms with Crippen molar-refractivity contribution in [2.45, 2.75) is 32.3 Å². The van der Waals surface area contributed by atoms with Gasteiger partial charge in [-0.2, -0.15) is 0 Å². The van der Waals surface area contributed by atoms with Crippen LogP contribution in [0.5, 0.6) is 5.75 Å². The molecule has 3 heteroatoms. The van der Waals surface area contributed by atoms with Gasteiger partial charge in [0.25, 0.3) is 0 Å². The van der Waals surface area contributed by atoms with Crippen LogP contribution in [0.4, 0.5) is 0 Å². The third-order valence-corrected chi connectivity index (χ3v) is 5.38. The van der Waals surface area contributed by atoms with Crippen LogP contribution >= 0.6 is 0 Å². The molecule has 2 aromatic carbocycles. The Morgan fingerprint density at radius 2 is 1.69 bits per heavy atom. The van der Waals surface area contributed by atoms with Crippen molar-refractivity contribution in [1.29, 1.82) is 0 Å². The summed E-state index contributed by atoms with van der Waals surface area (Å²) in [5.74, 6) is 1.95. The maximum absolute atomic E-state index is 6.50. The Bertz CT molecular complexity index is 763. The summed E-state index contributed by atoms with van der Waals surface area (Å²) in [6.07, 6.45) is 3.93. The SMILES string of the molecule is CCOC1=C(C[NH+]2CCCCC2)C(c2ccccc2)Oc2ccccc21. The van der Waals surface area contributed by atoms with Crippen LogP contribution < -0.4 is 9.64 Å². The third kappa shape index (κ3) is 3.49. The quantitative estimate of drug-likeness (QED) is 0.890. The van der Waals surface area contributed by atoms with Crippen LogP contribution in [0.25, 0.3) is 5.76 Å². The van der Waals surface area contributed by atoms with Crippen LogP contribution in [0.3, 0.4) is 0 Å². The Hall–Kier alpha value is -2.26. The number of quaternary nitrogens is 1. The molecule has 1 atom stereocenters. The Morgan fingerprint density at radius 1 is 0.962 bits per heavy atom. The van der Waals surface area contributed by atoms with E-state index in [9.17, 15) is 0 Å². The molecular formula is C23H28NO2+. The summed E-state index contributed by atoms with van der Waals surface area (Å²) in [6.45, 7) is 6.21. The van der Waals surface area contributed by atoms with Gasteiger partial charge in [-0.25, -0.2) is 0 Å². The number of ether oxygens (including phenoxy) is 2. The van der Waals surface area contributed by atoms with Crippen LogP contribution in [-0.4, -0.2) is 26.2 Å². The summed E-state index contributed by atoms with van der Waals surface area (Å²) >= 11 is 0. The van der Waals surface area contributed by atoms with E-state index in [1.807, 2.05) is 6.07 Å². The summed E-state index contributed by atoms with van der Waals surface area (Å²) in [7, 11) is 0. The summed E-state index contributed by atoms with van der Waals surface area (Å²) in [5.41, 5.74) is 3.58. The number of para-hydroxylation sites is 1. The Morgan fingerprint density at radius 3 is 2.46 bits per heavy atom. The maximum Gasteiger partial charge on any atom is 0.154 e. The van der Waals surface area contributed by atoms with E-state index in [0.717, 1.165) is 23.6 Å². The van der Waals surface area contributed by atoms with Crippen LogP contribution in [0, 0.1) is 0 Å². The summed E-state index contributed by atoms with van der Waals surface area (Å²) in [4.78, 5) is 1.65. The lowest BCUT2D eigenvalue weighted by molar-refractivity contribution is -0.900. The number of nitrogens with one attached hydrogen (secondary N) is 1. The van der Waals surface area contributed by atoms with Gasteiger partial charge in [0.2, 0.25) is 0 Å². The number of benzene rings is 2. The van der Waals surface area contributed by atoms with Crippen LogP contribution in [0.2, 0.25) is 0 Å². The molecule has 1 fully saturated rings. The molecule has 0 bridgehead atoms. The van der Waals surface area contributed by atoms with Gasteiger partial charge in [0.15, 0.2) is 6.10 Å². The molecule has 0 aromatic heterocycles. The highest BCUT2D eigenvalue weighted by Gasteiger charge is 2.33. The molecule has 0 amide bonds. The van der Waals surface area contributed by atoms with Crippen LogP contribution in [0.1, 0.15) is 43.4 Å². The molecule has 3 nitrogen and oxygen atoms in total. The van der Waals surface area contributed by atoms with Gasteiger partial charge < -0.3 is 14.4 Å². The fourth-order valence-corrected chi connectivity index (χ4v) is 4.13. The van der Waals surface area contributed by atoms with Crippen molar-refractivity contribution in [2.75, 3.05) is 26.2 Å². The molecule has 136 valence electrons. The highest BCUT2D eigenvalue weighted by Crippen LogP contribution is 2.42. The van der Waals surface area contributed by atoms with Crippen molar-refractivity contribution in [1.82, 2.24) is 0 Å². The Kier molecular flexibility index (Phi) is 5.26. The number of hydrogen-bond acceptors (Lipinski definition) is 2. The second kappa shape index (κ2) is 7.96. The Balaban J connectivity index is 1.78. The maximum atomic E-state index is 6.50. The number of hydrogen-bond donors (Lipinski definition) is 1. The van der Waals surface area contributed by atoms with Gasteiger partial charge >= 0.3 is 0 Å². The lowest BCUT2D eigenvalue weighted by Gasteiger charge is -2.33. The molecule has 26 heavy (non-hydrogen) atoms. The van der Waals surface area contributed by atoms with Crippen molar-refractivity contribution in [3.63, 3.8) is 0 Å². The zero-order valence-electron chi connectivity index (χ0n) is 15.5. The number of fused-ring (bicyclic) bond motifs is 1. The highest BCUT2D eigenvalue weighted by molar-refractivity contribution is 5.72. The smallest absolute Gasteiger partial charge is 0.154 e. The van der Waals surface area contributed by atoms with E-state index < -0.39 is 0 Å². The topological polar surface area (TPSA) is 22.9 Å². The number of rotatable bonds is 5. The lowest BCUT2D eigenvalue weighted by atomic mass is 9.93. The molecule has 0 saturated carbocycles. The first-order chi connectivity index (χ1) is 12.9. The van der Waals surface area contributed by atoms with E-state index in [1.165, 1.54) is 43.5 Å². The minimum Gasteiger partial charge on any atom is -0.493 e. The minimum absolute atomic E-state index is 0.0675. The second-order valence-corrected chi connectivity index (χ2v) is 7.18. The monoisotopic (exact) mass is 350 g/mol. The number of piperidine rings is 1. The van der Waals surface area contributed by atoms with E-state index in [0.29, 0.717) is 6.61 Å². The van der Waals surface area contributed by atoms with Gasteiger partial charge in [-0.1, -0.05) is 42.5 Å². The van der Waals surface area contributed by atoms with Gasteiger partial charge in [-0.3, -0.25) is 0 Å². The summed E-state index contributed by atoms with van der Waals surface area (Å²) < 4.78 is 12.7. The van der Waals surface area contributed by atoms with Crippen molar-refractivity contribution >= 4 is 5.76 Å². The second-order valence-electron chi connectivity index (χ2n) is 7.18.